The monoisotopic (exact) mass is 349 g/mol. The van der Waals surface area contributed by atoms with E-state index < -0.39 is 0 Å². The Morgan fingerprint density at radius 3 is 2.69 bits per heavy atom. The van der Waals surface area contributed by atoms with Gasteiger partial charge >= 0.3 is 0 Å². The molecule has 0 radical (unpaired) electrons. The molecule has 0 spiro atoms. The van der Waals surface area contributed by atoms with E-state index in [1.165, 1.54) is 16.8 Å². The van der Waals surface area contributed by atoms with Crippen LogP contribution in [0.5, 0.6) is 0 Å². The van der Waals surface area contributed by atoms with E-state index >= 15 is 0 Å². The predicted octanol–water partition coefficient (Wildman–Crippen LogP) is 2.53. The first-order valence-corrected chi connectivity index (χ1v) is 8.91. The number of pyridine rings is 1. The third kappa shape index (κ3) is 3.81. The molecule has 6 nitrogen and oxygen atoms in total. The lowest BCUT2D eigenvalue weighted by Gasteiger charge is -2.32. The second-order valence-corrected chi connectivity index (χ2v) is 6.77. The van der Waals surface area contributed by atoms with E-state index in [-0.39, 0.29) is 5.92 Å². The first kappa shape index (κ1) is 16.9. The van der Waals surface area contributed by atoms with E-state index in [4.69, 9.17) is 4.74 Å². The highest BCUT2D eigenvalue weighted by molar-refractivity contribution is 5.21. The Hall–Kier alpha value is -2.57. The second-order valence-electron chi connectivity index (χ2n) is 6.77. The van der Waals surface area contributed by atoms with Gasteiger partial charge in [-0.05, 0) is 23.3 Å². The summed E-state index contributed by atoms with van der Waals surface area (Å²) in [5, 5.41) is 8.60. The summed E-state index contributed by atoms with van der Waals surface area (Å²) < 4.78 is 7.93. The van der Waals surface area contributed by atoms with Gasteiger partial charge in [0.25, 0.3) is 0 Å². The van der Waals surface area contributed by atoms with Crippen molar-refractivity contribution in [1.29, 1.82) is 0 Å². The van der Waals surface area contributed by atoms with Crippen LogP contribution in [0.25, 0.3) is 0 Å². The third-order valence-corrected chi connectivity index (χ3v) is 4.77. The van der Waals surface area contributed by atoms with E-state index in [1.807, 2.05) is 42.3 Å². The maximum atomic E-state index is 6.03. The summed E-state index contributed by atoms with van der Waals surface area (Å²) in [5.41, 5.74) is 4.71. The molecule has 1 aliphatic heterocycles. The molecule has 26 heavy (non-hydrogen) atoms. The van der Waals surface area contributed by atoms with Crippen molar-refractivity contribution < 1.29 is 4.74 Å². The van der Waals surface area contributed by atoms with Gasteiger partial charge in [-0.2, -0.15) is 0 Å². The number of hydrogen-bond acceptors (Lipinski definition) is 5. The lowest BCUT2D eigenvalue weighted by molar-refractivity contribution is 0.0829. The van der Waals surface area contributed by atoms with Gasteiger partial charge in [0.2, 0.25) is 0 Å². The Balaban J connectivity index is 1.44. The molecule has 0 N–H and O–H groups in total. The van der Waals surface area contributed by atoms with Crippen molar-refractivity contribution in [3.05, 3.63) is 77.4 Å². The average Bonchev–Trinajstić information content (AvgIpc) is 3.04. The molecule has 1 atom stereocenters. The summed E-state index contributed by atoms with van der Waals surface area (Å²) in [7, 11) is 1.97. The van der Waals surface area contributed by atoms with Crippen molar-refractivity contribution in [2.75, 3.05) is 13.2 Å². The maximum absolute atomic E-state index is 6.03. The molecule has 0 fully saturated rings. The van der Waals surface area contributed by atoms with Crippen molar-refractivity contribution in [1.82, 2.24) is 24.9 Å². The lowest BCUT2D eigenvalue weighted by atomic mass is 9.98. The summed E-state index contributed by atoms with van der Waals surface area (Å²) in [6, 6.07) is 14.4. The zero-order chi connectivity index (χ0) is 17.8. The number of rotatable bonds is 6. The highest BCUT2D eigenvalue weighted by Gasteiger charge is 2.30. The van der Waals surface area contributed by atoms with Crippen molar-refractivity contribution >= 4 is 0 Å². The minimum Gasteiger partial charge on any atom is -0.376 e. The van der Waals surface area contributed by atoms with Gasteiger partial charge in [-0.3, -0.25) is 14.6 Å². The molecular formula is C20H23N5O. The zero-order valence-electron chi connectivity index (χ0n) is 15.0. The summed E-state index contributed by atoms with van der Waals surface area (Å²) in [6.07, 6.45) is 3.68. The first-order chi connectivity index (χ1) is 12.8. The maximum Gasteiger partial charge on any atom is 0.100 e. The van der Waals surface area contributed by atoms with Gasteiger partial charge in [0.05, 0.1) is 18.9 Å². The largest absolute Gasteiger partial charge is 0.376 e. The average molecular weight is 349 g/mol. The van der Waals surface area contributed by atoms with Crippen LogP contribution < -0.4 is 0 Å². The summed E-state index contributed by atoms with van der Waals surface area (Å²) >= 11 is 0. The highest BCUT2D eigenvalue weighted by Crippen LogP contribution is 2.28. The van der Waals surface area contributed by atoms with E-state index in [2.05, 4.69) is 44.5 Å². The van der Waals surface area contributed by atoms with E-state index in [0.29, 0.717) is 13.2 Å². The van der Waals surface area contributed by atoms with Crippen LogP contribution in [0.3, 0.4) is 0 Å². The fourth-order valence-corrected chi connectivity index (χ4v) is 3.59. The molecule has 4 rings (SSSR count). The molecule has 1 unspecified atom stereocenters. The van der Waals surface area contributed by atoms with Crippen LogP contribution in [-0.2, 0) is 31.5 Å². The quantitative estimate of drug-likeness (QED) is 0.684. The van der Waals surface area contributed by atoms with E-state index in [0.717, 1.165) is 25.3 Å². The molecule has 1 aromatic carbocycles. The van der Waals surface area contributed by atoms with Gasteiger partial charge in [0.1, 0.15) is 5.69 Å². The molecule has 6 heteroatoms. The standard InChI is InChI=1S/C20H23N5O/c1-24-20-18(15-26-14-17-5-3-2-4-6-17)12-25(13-19(20)22-23-24)11-16-7-9-21-10-8-16/h2-10,18H,11-15H2,1H3. The molecule has 3 aromatic rings. The van der Waals surface area contributed by atoms with Crippen LogP contribution in [0.4, 0.5) is 0 Å². The van der Waals surface area contributed by atoms with Crippen LogP contribution in [0.15, 0.2) is 54.9 Å². The lowest BCUT2D eigenvalue weighted by Crippen LogP contribution is -2.36. The molecule has 2 aromatic heterocycles. The van der Waals surface area contributed by atoms with Gasteiger partial charge < -0.3 is 4.74 Å². The summed E-state index contributed by atoms with van der Waals surface area (Å²) in [4.78, 5) is 6.50. The van der Waals surface area contributed by atoms with Crippen molar-refractivity contribution in [2.45, 2.75) is 25.6 Å². The normalized spacial score (nSPS) is 17.2. The number of aryl methyl sites for hydroxylation is 1. The van der Waals surface area contributed by atoms with Gasteiger partial charge in [-0.25, -0.2) is 0 Å². The SMILES string of the molecule is Cn1nnc2c1C(COCc1ccccc1)CN(Cc1ccncc1)C2. The van der Waals surface area contributed by atoms with E-state index in [9.17, 15) is 0 Å². The topological polar surface area (TPSA) is 56.1 Å². The molecule has 1 aliphatic rings. The fourth-order valence-electron chi connectivity index (χ4n) is 3.59. The summed E-state index contributed by atoms with van der Waals surface area (Å²) in [6.45, 7) is 3.93. The van der Waals surface area contributed by atoms with Crippen LogP contribution in [0.2, 0.25) is 0 Å². The van der Waals surface area contributed by atoms with Crippen LogP contribution in [-0.4, -0.2) is 38.0 Å². The van der Waals surface area contributed by atoms with Crippen LogP contribution in [0.1, 0.15) is 28.4 Å². The fraction of sp³-hybridized carbons (Fsp3) is 0.350. The Bertz CT molecular complexity index is 834. The first-order valence-electron chi connectivity index (χ1n) is 8.91. The van der Waals surface area contributed by atoms with Gasteiger partial charge in [0, 0.05) is 45.0 Å². The Kier molecular flexibility index (Phi) is 5.04. The Morgan fingerprint density at radius 1 is 1.08 bits per heavy atom. The van der Waals surface area contributed by atoms with Gasteiger partial charge in [-0.1, -0.05) is 35.5 Å². The number of aromatic nitrogens is 4. The van der Waals surface area contributed by atoms with Crippen molar-refractivity contribution in [2.24, 2.45) is 7.05 Å². The minimum atomic E-state index is 0.268. The van der Waals surface area contributed by atoms with Crippen molar-refractivity contribution in [3.8, 4) is 0 Å². The van der Waals surface area contributed by atoms with Crippen LogP contribution in [0, 0.1) is 0 Å². The molecule has 0 aliphatic carbocycles. The number of fused-ring (bicyclic) bond motifs is 1. The minimum absolute atomic E-state index is 0.268. The predicted molar refractivity (Wildman–Crippen MR) is 98.2 cm³/mol. The van der Waals surface area contributed by atoms with Gasteiger partial charge in [0.15, 0.2) is 0 Å². The highest BCUT2D eigenvalue weighted by atomic mass is 16.5. The molecular weight excluding hydrogens is 326 g/mol. The molecule has 0 saturated carbocycles. The Labute approximate surface area is 153 Å². The number of ether oxygens (including phenoxy) is 1. The molecule has 0 bridgehead atoms. The summed E-state index contributed by atoms with van der Waals surface area (Å²) in [5.74, 6) is 0.268. The van der Waals surface area contributed by atoms with Gasteiger partial charge in [-0.15, -0.1) is 5.10 Å². The number of nitrogens with zero attached hydrogens (tertiary/aromatic N) is 5. The van der Waals surface area contributed by atoms with Crippen molar-refractivity contribution in [3.63, 3.8) is 0 Å². The molecule has 0 amide bonds. The molecule has 3 heterocycles. The van der Waals surface area contributed by atoms with Crippen LogP contribution >= 0.6 is 0 Å². The Morgan fingerprint density at radius 2 is 1.88 bits per heavy atom. The van der Waals surface area contributed by atoms with E-state index in [1.54, 1.807) is 0 Å². The zero-order valence-corrected chi connectivity index (χ0v) is 15.0. The number of benzene rings is 1. The molecule has 134 valence electrons. The molecule has 0 saturated heterocycles. The third-order valence-electron chi connectivity index (χ3n) is 4.77. The second kappa shape index (κ2) is 7.76. The smallest absolute Gasteiger partial charge is 0.100 e. The number of hydrogen-bond donors (Lipinski definition) is 0.